The second-order valence-corrected chi connectivity index (χ2v) is 5.33. The lowest BCUT2D eigenvalue weighted by atomic mass is 9.98. The van der Waals surface area contributed by atoms with Crippen molar-refractivity contribution in [3.05, 3.63) is 66.2 Å². The second kappa shape index (κ2) is 6.10. The summed E-state index contributed by atoms with van der Waals surface area (Å²) in [7, 11) is 0. The van der Waals surface area contributed by atoms with Crippen LogP contribution in [0.3, 0.4) is 0 Å². The Morgan fingerprint density at radius 1 is 1.14 bits per heavy atom. The maximum atomic E-state index is 10.6. The lowest BCUT2D eigenvalue weighted by Crippen LogP contribution is -2.09. The SMILES string of the molecule is CCCn1ccnc1CC(O)c1cccc2ccccc12. The zero-order chi connectivity index (χ0) is 14.7. The van der Waals surface area contributed by atoms with E-state index in [0.29, 0.717) is 6.42 Å². The average Bonchev–Trinajstić information content (AvgIpc) is 2.94. The Balaban J connectivity index is 1.90. The van der Waals surface area contributed by atoms with Crippen LogP contribution in [0.1, 0.15) is 30.8 Å². The number of hydrogen-bond donors (Lipinski definition) is 1. The smallest absolute Gasteiger partial charge is 0.111 e. The second-order valence-electron chi connectivity index (χ2n) is 5.33. The van der Waals surface area contributed by atoms with E-state index < -0.39 is 6.10 Å². The van der Waals surface area contributed by atoms with Gasteiger partial charge in [0.1, 0.15) is 5.82 Å². The zero-order valence-electron chi connectivity index (χ0n) is 12.2. The Morgan fingerprint density at radius 3 is 2.81 bits per heavy atom. The van der Waals surface area contributed by atoms with E-state index in [2.05, 4.69) is 34.7 Å². The fourth-order valence-electron chi connectivity index (χ4n) is 2.80. The van der Waals surface area contributed by atoms with Gasteiger partial charge >= 0.3 is 0 Å². The van der Waals surface area contributed by atoms with Crippen LogP contribution >= 0.6 is 0 Å². The predicted molar refractivity (Wildman–Crippen MR) is 85.1 cm³/mol. The van der Waals surface area contributed by atoms with Crippen LogP contribution in [0.4, 0.5) is 0 Å². The summed E-state index contributed by atoms with van der Waals surface area (Å²) >= 11 is 0. The zero-order valence-corrected chi connectivity index (χ0v) is 12.2. The predicted octanol–water partition coefficient (Wildman–Crippen LogP) is 3.72. The number of aromatic nitrogens is 2. The van der Waals surface area contributed by atoms with Crippen molar-refractivity contribution in [3.8, 4) is 0 Å². The fourth-order valence-corrected chi connectivity index (χ4v) is 2.80. The van der Waals surface area contributed by atoms with Crippen molar-refractivity contribution in [3.63, 3.8) is 0 Å². The first kappa shape index (κ1) is 13.8. The minimum atomic E-state index is -0.533. The molecule has 3 heteroatoms. The first-order valence-corrected chi connectivity index (χ1v) is 7.45. The standard InChI is InChI=1S/C18H20N2O/c1-2-11-20-12-10-19-18(20)13-17(21)16-9-5-7-14-6-3-4-8-15(14)16/h3-10,12,17,21H,2,11,13H2,1H3. The molecule has 3 nitrogen and oxygen atoms in total. The summed E-state index contributed by atoms with van der Waals surface area (Å²) in [6, 6.07) is 14.2. The third kappa shape index (κ3) is 2.83. The summed E-state index contributed by atoms with van der Waals surface area (Å²) in [6.45, 7) is 3.09. The average molecular weight is 280 g/mol. The summed E-state index contributed by atoms with van der Waals surface area (Å²) in [5, 5.41) is 12.9. The maximum absolute atomic E-state index is 10.6. The van der Waals surface area contributed by atoms with Crippen molar-refractivity contribution in [1.29, 1.82) is 0 Å². The van der Waals surface area contributed by atoms with Crippen LogP contribution in [-0.2, 0) is 13.0 Å². The highest BCUT2D eigenvalue weighted by Crippen LogP contribution is 2.26. The summed E-state index contributed by atoms with van der Waals surface area (Å²) in [5.41, 5.74) is 0.971. The van der Waals surface area contributed by atoms with Gasteiger partial charge in [0.05, 0.1) is 6.10 Å². The minimum Gasteiger partial charge on any atom is -0.388 e. The van der Waals surface area contributed by atoms with Crippen molar-refractivity contribution in [2.24, 2.45) is 0 Å². The highest BCUT2D eigenvalue weighted by atomic mass is 16.3. The van der Waals surface area contributed by atoms with Crippen LogP contribution in [0.5, 0.6) is 0 Å². The molecule has 1 atom stereocenters. The summed E-state index contributed by atoms with van der Waals surface area (Å²) in [4.78, 5) is 4.38. The maximum Gasteiger partial charge on any atom is 0.111 e. The molecule has 0 saturated carbocycles. The van der Waals surface area contributed by atoms with Gasteiger partial charge in [0, 0.05) is 25.4 Å². The van der Waals surface area contributed by atoms with Crippen molar-refractivity contribution < 1.29 is 5.11 Å². The molecule has 1 unspecified atom stereocenters. The third-order valence-corrected chi connectivity index (χ3v) is 3.82. The first-order chi connectivity index (χ1) is 10.3. The molecule has 0 bridgehead atoms. The number of aliphatic hydroxyl groups is 1. The van der Waals surface area contributed by atoms with E-state index in [-0.39, 0.29) is 0 Å². The molecule has 1 N–H and O–H groups in total. The van der Waals surface area contributed by atoms with Crippen LogP contribution < -0.4 is 0 Å². The molecule has 0 aliphatic carbocycles. The van der Waals surface area contributed by atoms with Crippen molar-refractivity contribution >= 4 is 10.8 Å². The highest BCUT2D eigenvalue weighted by Gasteiger charge is 2.14. The Bertz CT molecular complexity index is 727. The molecule has 0 radical (unpaired) electrons. The fraction of sp³-hybridized carbons (Fsp3) is 0.278. The summed E-state index contributed by atoms with van der Waals surface area (Å²) in [5.74, 6) is 0.942. The Morgan fingerprint density at radius 2 is 1.95 bits per heavy atom. The Labute approximate surface area is 124 Å². The Kier molecular flexibility index (Phi) is 4.02. The number of hydrogen-bond acceptors (Lipinski definition) is 2. The van der Waals surface area contributed by atoms with E-state index in [4.69, 9.17) is 0 Å². The van der Waals surface area contributed by atoms with Crippen LogP contribution in [0.25, 0.3) is 10.8 Å². The quantitative estimate of drug-likeness (QED) is 0.773. The number of aryl methyl sites for hydroxylation is 1. The molecule has 2 aromatic carbocycles. The van der Waals surface area contributed by atoms with E-state index in [9.17, 15) is 5.11 Å². The van der Waals surface area contributed by atoms with Gasteiger partial charge in [-0.1, -0.05) is 49.4 Å². The van der Waals surface area contributed by atoms with E-state index in [1.54, 1.807) is 6.20 Å². The molecule has 3 aromatic rings. The van der Waals surface area contributed by atoms with Gasteiger partial charge in [0.2, 0.25) is 0 Å². The number of imidazole rings is 1. The minimum absolute atomic E-state index is 0.533. The molecule has 108 valence electrons. The molecular weight excluding hydrogens is 260 g/mol. The van der Waals surface area contributed by atoms with Gasteiger partial charge in [-0.15, -0.1) is 0 Å². The monoisotopic (exact) mass is 280 g/mol. The molecule has 1 heterocycles. The number of aliphatic hydroxyl groups excluding tert-OH is 1. The summed E-state index contributed by atoms with van der Waals surface area (Å²) < 4.78 is 2.12. The van der Waals surface area contributed by atoms with E-state index in [1.807, 2.05) is 30.5 Å². The van der Waals surface area contributed by atoms with Crippen LogP contribution in [0.15, 0.2) is 54.9 Å². The van der Waals surface area contributed by atoms with Gasteiger partial charge < -0.3 is 9.67 Å². The van der Waals surface area contributed by atoms with Crippen LogP contribution in [0, 0.1) is 0 Å². The normalized spacial score (nSPS) is 12.7. The van der Waals surface area contributed by atoms with Gasteiger partial charge in [-0.2, -0.15) is 0 Å². The van der Waals surface area contributed by atoms with Gasteiger partial charge in [0.25, 0.3) is 0 Å². The third-order valence-electron chi connectivity index (χ3n) is 3.82. The number of nitrogens with zero attached hydrogens (tertiary/aromatic N) is 2. The van der Waals surface area contributed by atoms with Crippen LogP contribution in [-0.4, -0.2) is 14.7 Å². The number of fused-ring (bicyclic) bond motifs is 1. The molecule has 0 amide bonds. The van der Waals surface area contributed by atoms with Crippen LogP contribution in [0.2, 0.25) is 0 Å². The van der Waals surface area contributed by atoms with E-state index in [1.165, 1.54) is 0 Å². The molecule has 0 fully saturated rings. The lowest BCUT2D eigenvalue weighted by Gasteiger charge is -2.14. The summed E-state index contributed by atoms with van der Waals surface area (Å²) in [6.07, 6.45) is 4.86. The molecular formula is C18H20N2O. The number of benzene rings is 2. The van der Waals surface area contributed by atoms with Gasteiger partial charge in [-0.25, -0.2) is 4.98 Å². The molecule has 3 rings (SSSR count). The molecule has 1 aromatic heterocycles. The molecule has 0 aliphatic rings. The van der Waals surface area contributed by atoms with Crippen molar-refractivity contribution in [2.45, 2.75) is 32.4 Å². The first-order valence-electron chi connectivity index (χ1n) is 7.45. The van der Waals surface area contributed by atoms with Gasteiger partial charge in [0.15, 0.2) is 0 Å². The Hall–Kier alpha value is -2.13. The topological polar surface area (TPSA) is 38.0 Å². The molecule has 0 aliphatic heterocycles. The van der Waals surface area contributed by atoms with Gasteiger partial charge in [-0.05, 0) is 22.8 Å². The molecule has 0 saturated heterocycles. The van der Waals surface area contributed by atoms with Crippen molar-refractivity contribution in [1.82, 2.24) is 9.55 Å². The lowest BCUT2D eigenvalue weighted by molar-refractivity contribution is 0.176. The molecule has 21 heavy (non-hydrogen) atoms. The number of rotatable bonds is 5. The van der Waals surface area contributed by atoms with Crippen molar-refractivity contribution in [2.75, 3.05) is 0 Å². The van der Waals surface area contributed by atoms with Gasteiger partial charge in [-0.3, -0.25) is 0 Å². The highest BCUT2D eigenvalue weighted by molar-refractivity contribution is 5.85. The largest absolute Gasteiger partial charge is 0.388 e. The van der Waals surface area contributed by atoms with E-state index in [0.717, 1.165) is 35.1 Å². The molecule has 0 spiro atoms. The van der Waals surface area contributed by atoms with E-state index >= 15 is 0 Å².